The molecule has 4 rings (SSSR count). The minimum Gasteiger partial charge on any atom is -0.378 e. The summed E-state index contributed by atoms with van der Waals surface area (Å²) < 4.78 is 7.35. The molecule has 1 aliphatic heterocycles. The maximum absolute atomic E-state index is 11.3. The predicted molar refractivity (Wildman–Crippen MR) is 108 cm³/mol. The lowest BCUT2D eigenvalue weighted by molar-refractivity contribution is 0.0990. The van der Waals surface area contributed by atoms with Crippen molar-refractivity contribution in [2.75, 3.05) is 31.2 Å². The number of nitrogens with zero attached hydrogens (tertiary/aromatic N) is 7. The van der Waals surface area contributed by atoms with Crippen molar-refractivity contribution in [2.24, 2.45) is 11.7 Å². The van der Waals surface area contributed by atoms with Crippen LogP contribution in [0.5, 0.6) is 0 Å². The number of ether oxygens (including phenoxy) is 1. The molecule has 1 amide bonds. The zero-order valence-corrected chi connectivity index (χ0v) is 16.9. The number of hydrogen-bond donors (Lipinski definition) is 1. The normalized spacial score (nSPS) is 14.7. The Morgan fingerprint density at radius 2 is 1.90 bits per heavy atom. The van der Waals surface area contributed by atoms with Gasteiger partial charge in [-0.05, 0) is 17.5 Å². The summed E-state index contributed by atoms with van der Waals surface area (Å²) in [6.07, 6.45) is 2.98. The van der Waals surface area contributed by atoms with Crippen LogP contribution in [-0.2, 0) is 11.3 Å². The molecule has 0 saturated carbocycles. The minimum atomic E-state index is -0.691. The van der Waals surface area contributed by atoms with Crippen LogP contribution in [0.4, 0.5) is 5.82 Å². The number of fused-ring (bicyclic) bond motifs is 1. The van der Waals surface area contributed by atoms with Crippen LogP contribution in [0.3, 0.4) is 0 Å². The lowest BCUT2D eigenvalue weighted by atomic mass is 10.2. The third-order valence-electron chi connectivity index (χ3n) is 4.52. The lowest BCUT2D eigenvalue weighted by Crippen LogP contribution is -2.37. The Bertz CT molecular complexity index is 1040. The topological polar surface area (TPSA) is 125 Å². The first-order valence-corrected chi connectivity index (χ1v) is 9.70. The monoisotopic (exact) mass is 416 g/mol. The summed E-state index contributed by atoms with van der Waals surface area (Å²) in [5, 5.41) is 0.370. The van der Waals surface area contributed by atoms with Crippen molar-refractivity contribution in [1.29, 1.82) is 0 Å². The Kier molecular flexibility index (Phi) is 5.29. The van der Waals surface area contributed by atoms with Gasteiger partial charge in [0.2, 0.25) is 11.1 Å². The number of primary amides is 1. The van der Waals surface area contributed by atoms with E-state index >= 15 is 0 Å². The quantitative estimate of drug-likeness (QED) is 0.620. The number of imidazole rings is 1. The molecular formula is C18H21ClN8O2. The highest BCUT2D eigenvalue weighted by Crippen LogP contribution is 2.30. The minimum absolute atomic E-state index is 0.0591. The van der Waals surface area contributed by atoms with Gasteiger partial charge in [-0.2, -0.15) is 0 Å². The first-order valence-electron chi connectivity index (χ1n) is 9.32. The fourth-order valence-electron chi connectivity index (χ4n) is 3.18. The number of halogens is 1. The second-order valence-electron chi connectivity index (χ2n) is 7.19. The number of rotatable bonds is 5. The summed E-state index contributed by atoms with van der Waals surface area (Å²) in [5.41, 5.74) is 7.09. The van der Waals surface area contributed by atoms with Crippen molar-refractivity contribution in [3.8, 4) is 11.4 Å². The number of carbonyl (C=O) groups excluding carboxylic acids is 1. The molecule has 152 valence electrons. The van der Waals surface area contributed by atoms with Crippen LogP contribution >= 0.6 is 11.6 Å². The average molecular weight is 417 g/mol. The number of hydrogen-bond acceptors (Lipinski definition) is 8. The molecule has 1 fully saturated rings. The maximum Gasteiger partial charge on any atom is 0.286 e. The summed E-state index contributed by atoms with van der Waals surface area (Å²) in [6, 6.07) is 0. The van der Waals surface area contributed by atoms with E-state index in [4.69, 9.17) is 32.0 Å². The van der Waals surface area contributed by atoms with Crippen LogP contribution < -0.4 is 10.6 Å². The number of carbonyl (C=O) groups is 1. The molecule has 3 aromatic rings. The first-order chi connectivity index (χ1) is 13.9. The molecule has 29 heavy (non-hydrogen) atoms. The Morgan fingerprint density at radius 3 is 2.52 bits per heavy atom. The Hall–Kier alpha value is -2.85. The van der Waals surface area contributed by atoms with Gasteiger partial charge in [-0.3, -0.25) is 9.36 Å². The van der Waals surface area contributed by atoms with E-state index in [1.165, 1.54) is 12.4 Å². The highest BCUT2D eigenvalue weighted by Gasteiger charge is 2.23. The molecule has 0 unspecified atom stereocenters. The molecule has 4 heterocycles. The largest absolute Gasteiger partial charge is 0.378 e. The van der Waals surface area contributed by atoms with Crippen LogP contribution in [0, 0.1) is 5.92 Å². The third-order valence-corrected chi connectivity index (χ3v) is 4.81. The van der Waals surface area contributed by atoms with E-state index in [1.807, 2.05) is 4.57 Å². The van der Waals surface area contributed by atoms with Crippen molar-refractivity contribution in [2.45, 2.75) is 20.4 Å². The van der Waals surface area contributed by atoms with E-state index < -0.39 is 5.91 Å². The van der Waals surface area contributed by atoms with E-state index in [9.17, 15) is 4.79 Å². The van der Waals surface area contributed by atoms with Gasteiger partial charge < -0.3 is 15.4 Å². The van der Waals surface area contributed by atoms with Gasteiger partial charge in [-0.1, -0.05) is 13.8 Å². The van der Waals surface area contributed by atoms with Gasteiger partial charge in [0.05, 0.1) is 18.8 Å². The smallest absolute Gasteiger partial charge is 0.286 e. The van der Waals surface area contributed by atoms with Crippen LogP contribution in [0.2, 0.25) is 5.28 Å². The van der Waals surface area contributed by atoms with Crippen molar-refractivity contribution >= 4 is 34.5 Å². The molecule has 0 bridgehead atoms. The van der Waals surface area contributed by atoms with Gasteiger partial charge in [-0.25, -0.2) is 24.9 Å². The number of anilines is 1. The molecule has 2 N–H and O–H groups in total. The molecular weight excluding hydrogens is 396 g/mol. The zero-order valence-electron chi connectivity index (χ0n) is 16.2. The Labute approximate surface area is 172 Å². The highest BCUT2D eigenvalue weighted by atomic mass is 35.5. The van der Waals surface area contributed by atoms with E-state index in [0.717, 1.165) is 0 Å². The molecule has 11 heteroatoms. The average Bonchev–Trinajstić information content (AvgIpc) is 3.03. The van der Waals surface area contributed by atoms with Gasteiger partial charge in [0.25, 0.3) is 5.91 Å². The van der Waals surface area contributed by atoms with Gasteiger partial charge in [0.15, 0.2) is 22.8 Å². The standard InChI is InChI=1S/C18H21ClN8O2/c1-10(2)9-27-17-12(23-18(27)19)16(26-3-5-29-6-4-26)24-14(25-17)11-7-21-15(13(20)28)22-8-11/h7-8,10H,3-6,9H2,1-2H3,(H2,20,28). The van der Waals surface area contributed by atoms with Gasteiger partial charge in [-0.15, -0.1) is 0 Å². The molecule has 1 aliphatic rings. The number of morpholine rings is 1. The van der Waals surface area contributed by atoms with Crippen molar-refractivity contribution in [3.63, 3.8) is 0 Å². The summed E-state index contributed by atoms with van der Waals surface area (Å²) in [6.45, 7) is 7.47. The molecule has 0 radical (unpaired) electrons. The fourth-order valence-corrected chi connectivity index (χ4v) is 3.42. The summed E-state index contributed by atoms with van der Waals surface area (Å²) >= 11 is 6.44. The summed E-state index contributed by atoms with van der Waals surface area (Å²) in [5.74, 6) is 0.724. The van der Waals surface area contributed by atoms with Crippen molar-refractivity contribution in [3.05, 3.63) is 23.5 Å². The molecule has 1 saturated heterocycles. The van der Waals surface area contributed by atoms with Gasteiger partial charge >= 0.3 is 0 Å². The molecule has 0 aliphatic carbocycles. The number of nitrogens with two attached hydrogens (primary N) is 1. The van der Waals surface area contributed by atoms with Gasteiger partial charge in [0.1, 0.15) is 0 Å². The molecule has 0 aromatic carbocycles. The van der Waals surface area contributed by atoms with E-state index in [-0.39, 0.29) is 5.82 Å². The second-order valence-corrected chi connectivity index (χ2v) is 7.53. The Morgan fingerprint density at radius 1 is 1.21 bits per heavy atom. The number of aromatic nitrogens is 6. The van der Waals surface area contributed by atoms with Crippen molar-refractivity contribution < 1.29 is 9.53 Å². The van der Waals surface area contributed by atoms with E-state index in [0.29, 0.717) is 72.4 Å². The molecule has 0 atom stereocenters. The predicted octanol–water partition coefficient (Wildman–Crippen LogP) is 1.53. The lowest BCUT2D eigenvalue weighted by Gasteiger charge is -2.28. The van der Waals surface area contributed by atoms with Gasteiger partial charge in [0, 0.05) is 32.0 Å². The number of amides is 1. The summed E-state index contributed by atoms with van der Waals surface area (Å²) in [7, 11) is 0. The molecule has 10 nitrogen and oxygen atoms in total. The molecule has 3 aromatic heterocycles. The van der Waals surface area contributed by atoms with Crippen LogP contribution in [-0.4, -0.2) is 61.7 Å². The third kappa shape index (κ3) is 3.85. The van der Waals surface area contributed by atoms with Crippen LogP contribution in [0.25, 0.3) is 22.6 Å². The van der Waals surface area contributed by atoms with Crippen molar-refractivity contribution in [1.82, 2.24) is 29.5 Å². The first kappa shape index (κ1) is 19.5. The second kappa shape index (κ2) is 7.88. The Balaban J connectivity index is 1.88. The van der Waals surface area contributed by atoms with E-state index in [1.54, 1.807) is 0 Å². The fraction of sp³-hybridized carbons (Fsp3) is 0.444. The van der Waals surface area contributed by atoms with E-state index in [2.05, 4.69) is 33.7 Å². The SMILES string of the molecule is CC(C)Cn1c(Cl)nc2c(N3CCOCC3)nc(-c3cnc(C(N)=O)nc3)nc21. The maximum atomic E-state index is 11.3. The van der Waals surface area contributed by atoms with Crippen LogP contribution in [0.1, 0.15) is 24.5 Å². The molecule has 0 spiro atoms. The zero-order chi connectivity index (χ0) is 20.5. The summed E-state index contributed by atoms with van der Waals surface area (Å²) in [4.78, 5) is 35.3. The highest BCUT2D eigenvalue weighted by molar-refractivity contribution is 6.29. The van der Waals surface area contributed by atoms with Crippen LogP contribution in [0.15, 0.2) is 12.4 Å².